The van der Waals surface area contributed by atoms with E-state index < -0.39 is 10.0 Å². The predicted octanol–water partition coefficient (Wildman–Crippen LogP) is 1.97. The zero-order chi connectivity index (χ0) is 15.3. The Labute approximate surface area is 123 Å². The van der Waals surface area contributed by atoms with Crippen LogP contribution in [0, 0.1) is 0 Å². The van der Waals surface area contributed by atoms with Crippen molar-refractivity contribution >= 4 is 21.6 Å². The smallest absolute Gasteiger partial charge is 0.251 e. The van der Waals surface area contributed by atoms with Gasteiger partial charge in [0.2, 0.25) is 10.0 Å². The average Bonchev–Trinajstić information content (AvgIpc) is 2.98. The Hall–Kier alpha value is -2.28. The van der Waals surface area contributed by atoms with E-state index in [-0.39, 0.29) is 18.2 Å². The van der Waals surface area contributed by atoms with Crippen LogP contribution in [0.5, 0.6) is 0 Å². The number of carbonyl (C=O) groups is 1. The van der Waals surface area contributed by atoms with E-state index in [0.717, 1.165) is 0 Å². The van der Waals surface area contributed by atoms with Crippen LogP contribution < -0.4 is 10.0 Å². The summed E-state index contributed by atoms with van der Waals surface area (Å²) >= 11 is 0. The molecule has 1 heterocycles. The Morgan fingerprint density at radius 3 is 2.71 bits per heavy atom. The summed E-state index contributed by atoms with van der Waals surface area (Å²) in [6.45, 7) is 1.82. The van der Waals surface area contributed by atoms with E-state index in [1.165, 1.54) is 12.3 Å². The molecule has 0 radical (unpaired) electrons. The Morgan fingerprint density at radius 1 is 1.24 bits per heavy atom. The summed E-state index contributed by atoms with van der Waals surface area (Å²) in [5, 5.41) is 2.70. The van der Waals surface area contributed by atoms with Gasteiger partial charge < -0.3 is 9.73 Å². The van der Waals surface area contributed by atoms with Crippen LogP contribution in [0.15, 0.2) is 47.1 Å². The molecule has 7 heteroatoms. The fraction of sp³-hybridized carbons (Fsp3) is 0.214. The Morgan fingerprint density at radius 2 is 2.05 bits per heavy atom. The van der Waals surface area contributed by atoms with Crippen LogP contribution in [0.25, 0.3) is 0 Å². The van der Waals surface area contributed by atoms with Crippen LogP contribution in [0.2, 0.25) is 0 Å². The van der Waals surface area contributed by atoms with Crippen molar-refractivity contribution in [1.82, 2.24) is 5.32 Å². The van der Waals surface area contributed by atoms with Gasteiger partial charge in [0.05, 0.1) is 18.6 Å². The van der Waals surface area contributed by atoms with E-state index in [1.807, 2.05) is 0 Å². The molecule has 112 valence electrons. The molecule has 0 aliphatic rings. The van der Waals surface area contributed by atoms with Crippen molar-refractivity contribution in [1.29, 1.82) is 0 Å². The third-order valence-electron chi connectivity index (χ3n) is 2.78. The molecule has 0 aliphatic heterocycles. The fourth-order valence-corrected chi connectivity index (χ4v) is 2.29. The Kier molecular flexibility index (Phi) is 4.64. The number of hydrogen-bond acceptors (Lipinski definition) is 4. The minimum atomic E-state index is -3.36. The standard InChI is InChI=1S/C14H16N2O4S/c1-2-21(18,19)16-12-6-3-5-11(9-12)14(17)15-10-13-7-4-8-20-13/h3-9,16H,2,10H2,1H3,(H,15,17). The van der Waals surface area contributed by atoms with E-state index >= 15 is 0 Å². The highest BCUT2D eigenvalue weighted by atomic mass is 32.2. The summed E-state index contributed by atoms with van der Waals surface area (Å²) in [7, 11) is -3.36. The number of hydrogen-bond donors (Lipinski definition) is 2. The third kappa shape index (κ3) is 4.35. The van der Waals surface area contributed by atoms with Gasteiger partial charge >= 0.3 is 0 Å². The van der Waals surface area contributed by atoms with Crippen molar-refractivity contribution in [2.24, 2.45) is 0 Å². The van der Waals surface area contributed by atoms with Crippen molar-refractivity contribution in [3.05, 3.63) is 54.0 Å². The maximum Gasteiger partial charge on any atom is 0.251 e. The van der Waals surface area contributed by atoms with Gasteiger partial charge in [0.15, 0.2) is 0 Å². The van der Waals surface area contributed by atoms with Crippen LogP contribution >= 0.6 is 0 Å². The van der Waals surface area contributed by atoms with Gasteiger partial charge in [-0.3, -0.25) is 9.52 Å². The summed E-state index contributed by atoms with van der Waals surface area (Å²) in [5.41, 5.74) is 0.736. The minimum absolute atomic E-state index is 0.0259. The first-order chi connectivity index (χ1) is 10.00. The maximum atomic E-state index is 12.0. The van der Waals surface area contributed by atoms with Gasteiger partial charge in [-0.15, -0.1) is 0 Å². The highest BCUT2D eigenvalue weighted by molar-refractivity contribution is 7.92. The molecule has 0 spiro atoms. The van der Waals surface area contributed by atoms with Crippen molar-refractivity contribution < 1.29 is 17.6 Å². The quantitative estimate of drug-likeness (QED) is 0.854. The van der Waals surface area contributed by atoms with Crippen LogP contribution in [0.1, 0.15) is 23.0 Å². The van der Waals surface area contributed by atoms with Crippen molar-refractivity contribution in [2.75, 3.05) is 10.5 Å². The second-order valence-corrected chi connectivity index (χ2v) is 6.36. The molecule has 0 saturated heterocycles. The number of amides is 1. The van der Waals surface area contributed by atoms with Gasteiger partial charge in [0, 0.05) is 11.3 Å². The molecule has 0 bridgehead atoms. The van der Waals surface area contributed by atoms with E-state index in [2.05, 4.69) is 10.0 Å². The number of benzene rings is 1. The second-order valence-electron chi connectivity index (χ2n) is 4.35. The van der Waals surface area contributed by atoms with Gasteiger partial charge in [0.1, 0.15) is 5.76 Å². The lowest BCUT2D eigenvalue weighted by atomic mass is 10.2. The maximum absolute atomic E-state index is 12.0. The molecule has 2 N–H and O–H groups in total. The predicted molar refractivity (Wildman–Crippen MR) is 79.4 cm³/mol. The fourth-order valence-electron chi connectivity index (χ4n) is 1.66. The molecule has 0 atom stereocenters. The molecule has 2 aromatic rings. The van der Waals surface area contributed by atoms with Crippen molar-refractivity contribution in [3.63, 3.8) is 0 Å². The van der Waals surface area contributed by atoms with Gasteiger partial charge in [-0.2, -0.15) is 0 Å². The molecule has 1 amide bonds. The highest BCUT2D eigenvalue weighted by Crippen LogP contribution is 2.13. The second kappa shape index (κ2) is 6.45. The summed E-state index contributed by atoms with van der Waals surface area (Å²) in [6.07, 6.45) is 1.53. The lowest BCUT2D eigenvalue weighted by molar-refractivity contribution is 0.0948. The first-order valence-electron chi connectivity index (χ1n) is 6.41. The molecule has 21 heavy (non-hydrogen) atoms. The van der Waals surface area contributed by atoms with E-state index in [9.17, 15) is 13.2 Å². The van der Waals surface area contributed by atoms with Gasteiger partial charge in [-0.05, 0) is 37.3 Å². The van der Waals surface area contributed by atoms with Gasteiger partial charge in [-0.25, -0.2) is 8.42 Å². The van der Waals surface area contributed by atoms with Crippen molar-refractivity contribution in [2.45, 2.75) is 13.5 Å². The number of furan rings is 1. The lowest BCUT2D eigenvalue weighted by Crippen LogP contribution is -2.23. The van der Waals surface area contributed by atoms with Gasteiger partial charge in [-0.1, -0.05) is 6.07 Å². The van der Waals surface area contributed by atoms with Crippen LogP contribution in [0.4, 0.5) is 5.69 Å². The number of anilines is 1. The largest absolute Gasteiger partial charge is 0.467 e. The molecule has 1 aromatic heterocycles. The number of carbonyl (C=O) groups excluding carboxylic acids is 1. The van der Waals surface area contributed by atoms with E-state index in [4.69, 9.17) is 4.42 Å². The summed E-state index contributed by atoms with van der Waals surface area (Å²) in [4.78, 5) is 12.0. The van der Waals surface area contributed by atoms with E-state index in [1.54, 1.807) is 37.3 Å². The monoisotopic (exact) mass is 308 g/mol. The minimum Gasteiger partial charge on any atom is -0.467 e. The van der Waals surface area contributed by atoms with E-state index in [0.29, 0.717) is 17.0 Å². The molecule has 0 aliphatic carbocycles. The SMILES string of the molecule is CCS(=O)(=O)Nc1cccc(C(=O)NCc2ccco2)c1. The Bertz CT molecular complexity index is 708. The summed E-state index contributed by atoms with van der Waals surface area (Å²) < 4.78 is 30.5. The zero-order valence-corrected chi connectivity index (χ0v) is 12.3. The molecular weight excluding hydrogens is 292 g/mol. The highest BCUT2D eigenvalue weighted by Gasteiger charge is 2.10. The number of nitrogens with one attached hydrogen (secondary N) is 2. The molecule has 2 rings (SSSR count). The zero-order valence-electron chi connectivity index (χ0n) is 11.5. The number of rotatable bonds is 6. The third-order valence-corrected chi connectivity index (χ3v) is 4.09. The van der Waals surface area contributed by atoms with Gasteiger partial charge in [0.25, 0.3) is 5.91 Å². The summed E-state index contributed by atoms with van der Waals surface area (Å²) in [5.74, 6) is 0.317. The molecule has 0 saturated carbocycles. The van der Waals surface area contributed by atoms with Crippen molar-refractivity contribution in [3.8, 4) is 0 Å². The number of sulfonamides is 1. The molecular formula is C14H16N2O4S. The Balaban J connectivity index is 2.04. The molecule has 1 aromatic carbocycles. The first kappa shape index (κ1) is 15.1. The molecule has 0 fully saturated rings. The molecule has 6 nitrogen and oxygen atoms in total. The topological polar surface area (TPSA) is 88.4 Å². The van der Waals surface area contributed by atoms with Crippen LogP contribution in [0.3, 0.4) is 0 Å². The summed E-state index contributed by atoms with van der Waals surface area (Å²) in [6, 6.07) is 9.81. The normalized spacial score (nSPS) is 11.1. The molecule has 0 unspecified atom stereocenters. The first-order valence-corrected chi connectivity index (χ1v) is 8.06. The lowest BCUT2D eigenvalue weighted by Gasteiger charge is -2.08. The average molecular weight is 308 g/mol. The van der Waals surface area contributed by atoms with Crippen LogP contribution in [-0.2, 0) is 16.6 Å². The van der Waals surface area contributed by atoms with Crippen LogP contribution in [-0.4, -0.2) is 20.1 Å².